The first-order valence-electron chi connectivity index (χ1n) is 9.85. The van der Waals surface area contributed by atoms with Crippen LogP contribution in [0.4, 0.5) is 0 Å². The zero-order chi connectivity index (χ0) is 22.5. The van der Waals surface area contributed by atoms with Gasteiger partial charge in [-0.3, -0.25) is 4.79 Å². The third kappa shape index (κ3) is 5.64. The molecular weight excluding hydrogens is 459 g/mol. The number of ether oxygens (including phenoxy) is 3. The highest BCUT2D eigenvalue weighted by Gasteiger charge is 2.15. The van der Waals surface area contributed by atoms with Gasteiger partial charge in [0, 0.05) is 36.0 Å². The Labute approximate surface area is 194 Å². The summed E-state index contributed by atoms with van der Waals surface area (Å²) in [5.74, 6) is 2.46. The van der Waals surface area contributed by atoms with Crippen molar-refractivity contribution in [2.24, 2.45) is 0 Å². The number of nitrogens with one attached hydrogen (secondary N) is 1. The molecule has 0 saturated carbocycles. The highest BCUT2D eigenvalue weighted by molar-refractivity contribution is 6.36. The lowest BCUT2D eigenvalue weighted by molar-refractivity contribution is -0.121. The summed E-state index contributed by atoms with van der Waals surface area (Å²) in [5.41, 5.74) is 0.671. The van der Waals surface area contributed by atoms with Gasteiger partial charge in [0.15, 0.2) is 23.1 Å². The van der Waals surface area contributed by atoms with Gasteiger partial charge < -0.3 is 29.1 Å². The molecule has 1 unspecified atom stereocenters. The van der Waals surface area contributed by atoms with Crippen molar-refractivity contribution in [3.8, 4) is 28.6 Å². The van der Waals surface area contributed by atoms with Gasteiger partial charge in [-0.1, -0.05) is 23.2 Å². The largest absolute Gasteiger partial charge is 0.491 e. The number of rotatable bonds is 9. The number of hydrogen-bond donors (Lipinski definition) is 2. The molecule has 1 amide bonds. The van der Waals surface area contributed by atoms with Crippen LogP contribution in [-0.4, -0.2) is 42.0 Å². The van der Waals surface area contributed by atoms with Gasteiger partial charge in [0.05, 0.1) is 11.2 Å². The molecular formula is C22H20Cl2N2O6. The molecule has 0 spiro atoms. The van der Waals surface area contributed by atoms with Crippen molar-refractivity contribution in [3.63, 3.8) is 0 Å². The van der Waals surface area contributed by atoms with E-state index < -0.39 is 6.10 Å². The van der Waals surface area contributed by atoms with E-state index in [9.17, 15) is 9.90 Å². The molecule has 2 heterocycles. The van der Waals surface area contributed by atoms with Crippen molar-refractivity contribution < 1.29 is 28.5 Å². The fourth-order valence-corrected chi connectivity index (χ4v) is 3.50. The van der Waals surface area contributed by atoms with Gasteiger partial charge in [-0.2, -0.15) is 0 Å². The molecule has 1 aliphatic heterocycles. The van der Waals surface area contributed by atoms with Crippen molar-refractivity contribution in [2.75, 3.05) is 19.9 Å². The van der Waals surface area contributed by atoms with Crippen LogP contribution >= 0.6 is 23.2 Å². The van der Waals surface area contributed by atoms with Crippen LogP contribution in [0.5, 0.6) is 17.2 Å². The molecule has 0 fully saturated rings. The van der Waals surface area contributed by atoms with Crippen LogP contribution in [0.15, 0.2) is 47.0 Å². The number of nitrogens with zero attached hydrogens (tertiary/aromatic N) is 1. The molecule has 1 atom stereocenters. The zero-order valence-electron chi connectivity index (χ0n) is 16.8. The Balaban J connectivity index is 1.19. The Hall–Kier alpha value is -2.94. The molecule has 1 aromatic heterocycles. The number of carbonyl (C=O) groups excluding carboxylic acids is 1. The molecule has 2 aromatic carbocycles. The Morgan fingerprint density at radius 3 is 2.88 bits per heavy atom. The summed E-state index contributed by atoms with van der Waals surface area (Å²) in [6, 6.07) is 10.2. The smallest absolute Gasteiger partial charge is 0.231 e. The number of carbonyl (C=O) groups is 1. The first-order valence-corrected chi connectivity index (χ1v) is 10.6. The summed E-state index contributed by atoms with van der Waals surface area (Å²) >= 11 is 12.1. The van der Waals surface area contributed by atoms with Crippen LogP contribution in [0.3, 0.4) is 0 Å². The van der Waals surface area contributed by atoms with E-state index in [1.165, 1.54) is 0 Å². The van der Waals surface area contributed by atoms with E-state index in [1.54, 1.807) is 42.6 Å². The number of amides is 1. The Morgan fingerprint density at radius 2 is 2.03 bits per heavy atom. The maximum Gasteiger partial charge on any atom is 0.231 e. The second kappa shape index (κ2) is 10.1. The summed E-state index contributed by atoms with van der Waals surface area (Å²) in [4.78, 5) is 16.3. The number of fused-ring (bicyclic) bond motifs is 1. The monoisotopic (exact) mass is 478 g/mol. The molecule has 2 N–H and O–H groups in total. The van der Waals surface area contributed by atoms with Crippen molar-refractivity contribution >= 4 is 29.1 Å². The molecule has 10 heteroatoms. The second-order valence-corrected chi connectivity index (χ2v) is 7.87. The highest BCUT2D eigenvalue weighted by atomic mass is 35.5. The minimum atomic E-state index is -0.871. The van der Waals surface area contributed by atoms with Crippen LogP contribution in [0.2, 0.25) is 10.0 Å². The fraction of sp³-hybridized carbons (Fsp3) is 0.273. The van der Waals surface area contributed by atoms with Crippen LogP contribution in [0.1, 0.15) is 12.3 Å². The van der Waals surface area contributed by atoms with Crippen molar-refractivity contribution in [3.05, 3.63) is 58.5 Å². The Kier molecular flexibility index (Phi) is 7.04. The van der Waals surface area contributed by atoms with Crippen LogP contribution in [0.25, 0.3) is 11.3 Å². The van der Waals surface area contributed by atoms with Crippen molar-refractivity contribution in [1.29, 1.82) is 0 Å². The Bertz CT molecular complexity index is 1100. The molecule has 4 rings (SSSR count). The number of halogens is 2. The van der Waals surface area contributed by atoms with Gasteiger partial charge in [0.1, 0.15) is 18.5 Å². The predicted molar refractivity (Wildman–Crippen MR) is 117 cm³/mol. The number of hydrogen-bond acceptors (Lipinski definition) is 7. The first kappa shape index (κ1) is 22.3. The molecule has 32 heavy (non-hydrogen) atoms. The van der Waals surface area contributed by atoms with Gasteiger partial charge in [0.2, 0.25) is 12.7 Å². The van der Waals surface area contributed by atoms with Crippen molar-refractivity contribution in [1.82, 2.24) is 10.3 Å². The standard InChI is InChI=1S/C22H20Cl2N2O6/c23-13-1-3-16(17(24)7-13)20-10-26-22(32-20)6-5-21(28)25-9-14(27)11-29-15-2-4-18-19(8-15)31-12-30-18/h1-4,7-8,10,14,27H,5-6,9,11-12H2,(H,25,28). The average molecular weight is 479 g/mol. The van der Waals surface area contributed by atoms with E-state index in [2.05, 4.69) is 10.3 Å². The maximum absolute atomic E-state index is 12.1. The lowest BCUT2D eigenvalue weighted by Gasteiger charge is -2.13. The molecule has 0 bridgehead atoms. The minimum Gasteiger partial charge on any atom is -0.491 e. The zero-order valence-corrected chi connectivity index (χ0v) is 18.4. The summed E-state index contributed by atoms with van der Waals surface area (Å²) in [6.07, 6.45) is 1.15. The quantitative estimate of drug-likeness (QED) is 0.481. The highest BCUT2D eigenvalue weighted by Crippen LogP contribution is 2.35. The minimum absolute atomic E-state index is 0.0187. The summed E-state index contributed by atoms with van der Waals surface area (Å²) < 4.78 is 21.7. The van der Waals surface area contributed by atoms with Gasteiger partial charge in [-0.25, -0.2) is 4.98 Å². The maximum atomic E-state index is 12.1. The summed E-state index contributed by atoms with van der Waals surface area (Å²) in [5, 5.41) is 13.7. The van der Waals surface area contributed by atoms with Gasteiger partial charge in [-0.15, -0.1) is 0 Å². The molecule has 0 aliphatic carbocycles. The number of aliphatic hydroxyl groups is 1. The third-order valence-electron chi connectivity index (χ3n) is 4.64. The molecule has 168 valence electrons. The van der Waals surface area contributed by atoms with Crippen LogP contribution in [-0.2, 0) is 11.2 Å². The number of aromatic nitrogens is 1. The fourth-order valence-electron chi connectivity index (χ4n) is 3.00. The third-order valence-corrected chi connectivity index (χ3v) is 5.19. The SMILES string of the molecule is O=C(CCc1ncc(-c2ccc(Cl)cc2Cl)o1)NCC(O)COc1ccc2c(c1)OCO2. The van der Waals surface area contributed by atoms with Crippen LogP contribution < -0.4 is 19.5 Å². The van der Waals surface area contributed by atoms with Crippen molar-refractivity contribution in [2.45, 2.75) is 18.9 Å². The van der Waals surface area contributed by atoms with E-state index >= 15 is 0 Å². The molecule has 3 aromatic rings. The first-order chi connectivity index (χ1) is 15.5. The van der Waals surface area contributed by atoms with Gasteiger partial charge >= 0.3 is 0 Å². The average Bonchev–Trinajstić information content (AvgIpc) is 3.44. The van der Waals surface area contributed by atoms with E-state index in [0.29, 0.717) is 50.9 Å². The normalized spacial score (nSPS) is 13.1. The number of benzene rings is 2. The van der Waals surface area contributed by atoms with E-state index in [4.69, 9.17) is 41.8 Å². The van der Waals surface area contributed by atoms with E-state index in [0.717, 1.165) is 0 Å². The number of aryl methyl sites for hydroxylation is 1. The predicted octanol–water partition coefficient (Wildman–Crippen LogP) is 3.87. The van der Waals surface area contributed by atoms with E-state index in [-0.39, 0.29) is 32.3 Å². The lowest BCUT2D eigenvalue weighted by Crippen LogP contribution is -2.35. The number of aliphatic hydroxyl groups excluding tert-OH is 1. The topological polar surface area (TPSA) is 103 Å². The Morgan fingerprint density at radius 1 is 1.19 bits per heavy atom. The summed E-state index contributed by atoms with van der Waals surface area (Å²) in [7, 11) is 0. The molecule has 0 radical (unpaired) electrons. The summed E-state index contributed by atoms with van der Waals surface area (Å²) in [6.45, 7) is 0.253. The molecule has 1 aliphatic rings. The number of oxazole rings is 1. The van der Waals surface area contributed by atoms with Crippen LogP contribution in [0, 0.1) is 0 Å². The van der Waals surface area contributed by atoms with Gasteiger partial charge in [0.25, 0.3) is 0 Å². The molecule has 0 saturated heterocycles. The van der Waals surface area contributed by atoms with Gasteiger partial charge in [-0.05, 0) is 30.3 Å². The molecule has 8 nitrogen and oxygen atoms in total. The lowest BCUT2D eigenvalue weighted by atomic mass is 10.2. The second-order valence-electron chi connectivity index (χ2n) is 7.03. The van der Waals surface area contributed by atoms with E-state index in [1.807, 2.05) is 0 Å².